The first-order valence-corrected chi connectivity index (χ1v) is 5.33. The third-order valence-electron chi connectivity index (χ3n) is 2.07. The molecule has 4 heteroatoms. The Kier molecular flexibility index (Phi) is 4.85. The van der Waals surface area contributed by atoms with Gasteiger partial charge in [0.05, 0.1) is 0 Å². The molecule has 0 radical (unpaired) electrons. The summed E-state index contributed by atoms with van der Waals surface area (Å²) in [6, 6.07) is 4.54. The van der Waals surface area contributed by atoms with E-state index in [9.17, 15) is 4.39 Å². The Hall–Kier alpha value is -0.800. The van der Waals surface area contributed by atoms with Gasteiger partial charge < -0.3 is 10.4 Å². The quantitative estimate of drug-likeness (QED) is 0.817. The zero-order valence-electron chi connectivity index (χ0n) is 8.63. The van der Waals surface area contributed by atoms with Gasteiger partial charge in [0, 0.05) is 23.4 Å². The van der Waals surface area contributed by atoms with Crippen molar-refractivity contribution in [1.29, 1.82) is 0 Å². The largest absolute Gasteiger partial charge is 0.396 e. The van der Waals surface area contributed by atoms with Gasteiger partial charge in [0.1, 0.15) is 5.82 Å². The molecule has 0 aliphatic heterocycles. The van der Waals surface area contributed by atoms with Gasteiger partial charge in [-0.1, -0.05) is 11.6 Å². The van der Waals surface area contributed by atoms with E-state index in [1.165, 1.54) is 12.1 Å². The molecule has 0 saturated heterocycles. The minimum Gasteiger partial charge on any atom is -0.396 e. The first kappa shape index (κ1) is 12.3. The molecule has 15 heavy (non-hydrogen) atoms. The van der Waals surface area contributed by atoms with Crippen LogP contribution >= 0.6 is 11.6 Å². The van der Waals surface area contributed by atoms with E-state index in [4.69, 9.17) is 16.7 Å². The molecule has 0 fully saturated rings. The lowest BCUT2D eigenvalue weighted by Gasteiger charge is -2.14. The predicted molar refractivity (Wildman–Crippen MR) is 60.8 cm³/mol. The van der Waals surface area contributed by atoms with E-state index in [0.717, 1.165) is 12.8 Å². The lowest BCUT2D eigenvalue weighted by Crippen LogP contribution is -2.15. The van der Waals surface area contributed by atoms with Crippen molar-refractivity contribution < 1.29 is 9.50 Å². The van der Waals surface area contributed by atoms with Crippen LogP contribution in [-0.4, -0.2) is 17.8 Å². The summed E-state index contributed by atoms with van der Waals surface area (Å²) in [6.07, 6.45) is 1.57. The number of hydrogen-bond donors (Lipinski definition) is 2. The van der Waals surface area contributed by atoms with Crippen molar-refractivity contribution in [3.63, 3.8) is 0 Å². The van der Waals surface area contributed by atoms with Crippen molar-refractivity contribution >= 4 is 17.3 Å². The van der Waals surface area contributed by atoms with E-state index in [0.29, 0.717) is 10.7 Å². The van der Waals surface area contributed by atoms with Crippen molar-refractivity contribution in [3.8, 4) is 0 Å². The molecule has 0 spiro atoms. The van der Waals surface area contributed by atoms with Crippen LogP contribution in [0, 0.1) is 5.82 Å². The molecule has 2 N–H and O–H groups in total. The Morgan fingerprint density at radius 3 is 2.80 bits per heavy atom. The lowest BCUT2D eigenvalue weighted by molar-refractivity contribution is 0.282. The maximum Gasteiger partial charge on any atom is 0.126 e. The Morgan fingerprint density at radius 1 is 1.47 bits per heavy atom. The zero-order valence-corrected chi connectivity index (χ0v) is 9.39. The van der Waals surface area contributed by atoms with Gasteiger partial charge in [-0.2, -0.15) is 0 Å². The van der Waals surface area contributed by atoms with E-state index in [2.05, 4.69) is 5.32 Å². The highest BCUT2D eigenvalue weighted by Crippen LogP contribution is 2.19. The molecule has 0 bridgehead atoms. The van der Waals surface area contributed by atoms with Gasteiger partial charge in [-0.3, -0.25) is 0 Å². The summed E-state index contributed by atoms with van der Waals surface area (Å²) in [5, 5.41) is 12.2. The van der Waals surface area contributed by atoms with Crippen LogP contribution in [0.1, 0.15) is 19.8 Å². The van der Waals surface area contributed by atoms with E-state index in [1.807, 2.05) is 6.92 Å². The molecule has 0 aliphatic rings. The van der Waals surface area contributed by atoms with Gasteiger partial charge in [-0.15, -0.1) is 0 Å². The molecular weight excluding hydrogens is 217 g/mol. The molecule has 1 aromatic rings. The molecule has 1 rings (SSSR count). The summed E-state index contributed by atoms with van der Waals surface area (Å²) in [5.74, 6) is -0.348. The maximum atomic E-state index is 13.0. The number of benzene rings is 1. The molecule has 0 aliphatic carbocycles. The molecule has 1 atom stereocenters. The fraction of sp³-hybridized carbons (Fsp3) is 0.455. The molecule has 84 valence electrons. The second kappa shape index (κ2) is 5.93. The van der Waals surface area contributed by atoms with Crippen molar-refractivity contribution in [1.82, 2.24) is 0 Å². The van der Waals surface area contributed by atoms with Crippen LogP contribution in [0.3, 0.4) is 0 Å². The minimum absolute atomic E-state index is 0.177. The van der Waals surface area contributed by atoms with Crippen LogP contribution < -0.4 is 5.32 Å². The van der Waals surface area contributed by atoms with Crippen molar-refractivity contribution in [2.75, 3.05) is 11.9 Å². The second-order valence-corrected chi connectivity index (χ2v) is 4.01. The normalized spacial score (nSPS) is 12.5. The number of aliphatic hydroxyl groups is 1. The summed E-state index contributed by atoms with van der Waals surface area (Å²) in [5.41, 5.74) is 0.672. The van der Waals surface area contributed by atoms with Gasteiger partial charge in [-0.25, -0.2) is 4.39 Å². The number of nitrogens with one attached hydrogen (secondary N) is 1. The third-order valence-corrected chi connectivity index (χ3v) is 2.29. The maximum absolute atomic E-state index is 13.0. The molecule has 1 unspecified atom stereocenters. The summed E-state index contributed by atoms with van der Waals surface area (Å²) in [4.78, 5) is 0. The van der Waals surface area contributed by atoms with E-state index in [-0.39, 0.29) is 18.5 Å². The van der Waals surface area contributed by atoms with Crippen molar-refractivity contribution in [2.45, 2.75) is 25.8 Å². The van der Waals surface area contributed by atoms with E-state index < -0.39 is 0 Å². The van der Waals surface area contributed by atoms with Crippen molar-refractivity contribution in [3.05, 3.63) is 29.0 Å². The standard InChI is InChI=1S/C11H15ClFNO/c1-8(3-2-4-15)14-11-6-9(12)5-10(13)7-11/h5-8,14-15H,2-4H2,1H3. The average Bonchev–Trinajstić information content (AvgIpc) is 2.13. The van der Waals surface area contributed by atoms with Gasteiger partial charge >= 0.3 is 0 Å². The van der Waals surface area contributed by atoms with Crippen LogP contribution in [0.15, 0.2) is 18.2 Å². The minimum atomic E-state index is -0.348. The van der Waals surface area contributed by atoms with E-state index >= 15 is 0 Å². The molecule has 0 heterocycles. The number of anilines is 1. The monoisotopic (exact) mass is 231 g/mol. The topological polar surface area (TPSA) is 32.3 Å². The molecule has 1 aromatic carbocycles. The summed E-state index contributed by atoms with van der Waals surface area (Å²) >= 11 is 5.72. The average molecular weight is 232 g/mol. The van der Waals surface area contributed by atoms with Crippen LogP contribution in [-0.2, 0) is 0 Å². The zero-order chi connectivity index (χ0) is 11.3. The van der Waals surface area contributed by atoms with Crippen LogP contribution in [0.5, 0.6) is 0 Å². The molecule has 0 aromatic heterocycles. The third kappa shape index (κ3) is 4.49. The second-order valence-electron chi connectivity index (χ2n) is 3.57. The fourth-order valence-corrected chi connectivity index (χ4v) is 1.61. The Balaban J connectivity index is 2.56. The Labute approximate surface area is 94.1 Å². The summed E-state index contributed by atoms with van der Waals surface area (Å²) in [7, 11) is 0. The van der Waals surface area contributed by atoms with Gasteiger partial charge in [0.2, 0.25) is 0 Å². The first-order valence-electron chi connectivity index (χ1n) is 4.95. The summed E-state index contributed by atoms with van der Waals surface area (Å²) < 4.78 is 13.0. The predicted octanol–water partition coefficient (Wildman–Crippen LogP) is 3.05. The number of halogens is 2. The van der Waals surface area contributed by atoms with Gasteiger partial charge in [0.15, 0.2) is 0 Å². The number of hydrogen-bond acceptors (Lipinski definition) is 2. The SMILES string of the molecule is CC(CCCO)Nc1cc(F)cc(Cl)c1. The molecule has 0 amide bonds. The van der Waals surface area contributed by atoms with Gasteiger partial charge in [0.25, 0.3) is 0 Å². The lowest BCUT2D eigenvalue weighted by atomic mass is 10.2. The summed E-state index contributed by atoms with van der Waals surface area (Å²) in [6.45, 7) is 2.16. The van der Waals surface area contributed by atoms with Crippen molar-refractivity contribution in [2.24, 2.45) is 0 Å². The number of aliphatic hydroxyl groups excluding tert-OH is 1. The van der Waals surface area contributed by atoms with Crippen LogP contribution in [0.2, 0.25) is 5.02 Å². The first-order chi connectivity index (χ1) is 7.11. The van der Waals surface area contributed by atoms with Gasteiger partial charge in [-0.05, 0) is 38.0 Å². The van der Waals surface area contributed by atoms with Crippen LogP contribution in [0.25, 0.3) is 0 Å². The Morgan fingerprint density at radius 2 is 2.20 bits per heavy atom. The molecule has 2 nitrogen and oxygen atoms in total. The highest BCUT2D eigenvalue weighted by Gasteiger charge is 2.03. The highest BCUT2D eigenvalue weighted by molar-refractivity contribution is 6.30. The molecular formula is C11H15ClFNO. The highest BCUT2D eigenvalue weighted by atomic mass is 35.5. The van der Waals surface area contributed by atoms with Crippen LogP contribution in [0.4, 0.5) is 10.1 Å². The smallest absolute Gasteiger partial charge is 0.126 e. The number of rotatable bonds is 5. The fourth-order valence-electron chi connectivity index (χ4n) is 1.39. The Bertz CT molecular complexity index is 299. The molecule has 0 saturated carbocycles. The van der Waals surface area contributed by atoms with E-state index in [1.54, 1.807) is 6.07 Å².